The fraction of sp³-hybridized carbons (Fsp3) is 0.387. The molecule has 0 spiro atoms. The molecule has 1 fully saturated rings. The van der Waals surface area contributed by atoms with Crippen LogP contribution in [0.3, 0.4) is 0 Å². The van der Waals surface area contributed by atoms with Crippen LogP contribution in [-0.4, -0.2) is 46.9 Å². The molecule has 2 aromatic carbocycles. The molecule has 204 valence electrons. The largest absolute Gasteiger partial charge is 0.396 e. The highest BCUT2D eigenvalue weighted by Crippen LogP contribution is 2.21. The van der Waals surface area contributed by atoms with Gasteiger partial charge in [0, 0.05) is 54.5 Å². The molecule has 2 unspecified atom stereocenters. The molecule has 0 bridgehead atoms. The van der Waals surface area contributed by atoms with Crippen LogP contribution in [0.4, 0.5) is 5.69 Å². The van der Waals surface area contributed by atoms with Crippen molar-refractivity contribution < 1.29 is 15.0 Å². The lowest BCUT2D eigenvalue weighted by Gasteiger charge is -2.32. The predicted octanol–water partition coefficient (Wildman–Crippen LogP) is 4.52. The number of nitrogens with two attached hydrogens (primary N) is 1. The summed E-state index contributed by atoms with van der Waals surface area (Å²) in [7, 11) is 0. The second kappa shape index (κ2) is 14.5. The third-order valence-electron chi connectivity index (χ3n) is 6.79. The first-order valence-electron chi connectivity index (χ1n) is 13.4. The number of aliphatic hydroxyl groups excluding tert-OH is 2. The summed E-state index contributed by atoms with van der Waals surface area (Å²) in [5.74, 6) is 0.123. The van der Waals surface area contributed by atoms with Crippen molar-refractivity contribution in [3.63, 3.8) is 0 Å². The van der Waals surface area contributed by atoms with Crippen LogP contribution in [-0.2, 0) is 6.54 Å². The minimum absolute atomic E-state index is 0.0211. The molecule has 3 rings (SSSR count). The summed E-state index contributed by atoms with van der Waals surface area (Å²) in [5.41, 5.74) is 11.8. The Morgan fingerprint density at radius 1 is 1.16 bits per heavy atom. The first kappa shape index (κ1) is 29.2. The maximum absolute atomic E-state index is 13.1. The topological polar surface area (TPSA) is 111 Å². The Kier molecular flexibility index (Phi) is 11.1. The van der Waals surface area contributed by atoms with Crippen molar-refractivity contribution in [1.82, 2.24) is 10.2 Å². The summed E-state index contributed by atoms with van der Waals surface area (Å²) in [5, 5.41) is 26.8. The Morgan fingerprint density at radius 3 is 2.61 bits per heavy atom. The summed E-state index contributed by atoms with van der Waals surface area (Å²) in [6.45, 7) is 7.99. The number of nitrogens with zero attached hydrogens (tertiary/aromatic N) is 1. The predicted molar refractivity (Wildman–Crippen MR) is 154 cm³/mol. The van der Waals surface area contributed by atoms with Gasteiger partial charge in [0.2, 0.25) is 0 Å². The van der Waals surface area contributed by atoms with Gasteiger partial charge in [0.05, 0.1) is 0 Å². The smallest absolute Gasteiger partial charge is 0.253 e. The van der Waals surface area contributed by atoms with Crippen LogP contribution in [0.5, 0.6) is 0 Å². The molecule has 1 aliphatic rings. The number of piperidine rings is 1. The number of carbonyl (C=O) groups is 1. The third-order valence-corrected chi connectivity index (χ3v) is 6.79. The van der Waals surface area contributed by atoms with Crippen molar-refractivity contribution in [2.45, 2.75) is 52.8 Å². The SMILES string of the molecule is CC/C(C)=C/C(=C(\C=C(/C)Nc1cccc(C(=O)N2CCCC(CO)C2)c1)NCc1ccccc1)C(N)O. The Bertz CT molecular complexity index is 1150. The van der Waals surface area contributed by atoms with E-state index in [1.807, 2.05) is 85.5 Å². The Hall–Kier alpha value is -3.39. The molecule has 7 nitrogen and oxygen atoms in total. The van der Waals surface area contributed by atoms with E-state index in [1.165, 1.54) is 0 Å². The number of likely N-dealkylation sites (tertiary alicyclic amines) is 1. The minimum atomic E-state index is -1.15. The van der Waals surface area contributed by atoms with Crippen molar-refractivity contribution in [2.75, 3.05) is 25.0 Å². The molecule has 7 heteroatoms. The number of amides is 1. The summed E-state index contributed by atoms with van der Waals surface area (Å²) < 4.78 is 0. The molecular weight excluding hydrogens is 476 g/mol. The van der Waals surface area contributed by atoms with Crippen molar-refractivity contribution in [3.05, 3.63) is 100 Å². The number of benzene rings is 2. The molecule has 1 aliphatic heterocycles. The van der Waals surface area contributed by atoms with Crippen LogP contribution in [0, 0.1) is 5.92 Å². The highest BCUT2D eigenvalue weighted by Gasteiger charge is 2.24. The highest BCUT2D eigenvalue weighted by atomic mass is 16.3. The molecule has 0 radical (unpaired) electrons. The second-order valence-electron chi connectivity index (χ2n) is 9.97. The highest BCUT2D eigenvalue weighted by molar-refractivity contribution is 5.95. The van der Waals surface area contributed by atoms with E-state index in [0.29, 0.717) is 30.8 Å². The Balaban J connectivity index is 1.84. The van der Waals surface area contributed by atoms with Crippen molar-refractivity contribution in [1.29, 1.82) is 0 Å². The number of allylic oxidation sites excluding steroid dienone is 3. The van der Waals surface area contributed by atoms with Gasteiger partial charge in [-0.25, -0.2) is 0 Å². The van der Waals surface area contributed by atoms with Gasteiger partial charge in [0.1, 0.15) is 6.23 Å². The van der Waals surface area contributed by atoms with Gasteiger partial charge in [-0.1, -0.05) is 55.0 Å². The van der Waals surface area contributed by atoms with Crippen LogP contribution in [0.25, 0.3) is 0 Å². The van der Waals surface area contributed by atoms with E-state index in [1.54, 1.807) is 0 Å². The molecule has 1 amide bonds. The van der Waals surface area contributed by atoms with Gasteiger partial charge in [0.25, 0.3) is 5.91 Å². The Morgan fingerprint density at radius 2 is 1.92 bits per heavy atom. The van der Waals surface area contributed by atoms with Gasteiger partial charge in [-0.3, -0.25) is 4.79 Å². The maximum Gasteiger partial charge on any atom is 0.253 e. The normalized spacial score (nSPS) is 18.1. The zero-order chi connectivity index (χ0) is 27.5. The van der Waals surface area contributed by atoms with E-state index < -0.39 is 6.23 Å². The fourth-order valence-corrected chi connectivity index (χ4v) is 4.51. The summed E-state index contributed by atoms with van der Waals surface area (Å²) in [6.07, 6.45) is 5.42. The minimum Gasteiger partial charge on any atom is -0.396 e. The number of rotatable bonds is 11. The van der Waals surface area contributed by atoms with Crippen molar-refractivity contribution in [2.24, 2.45) is 11.7 Å². The van der Waals surface area contributed by atoms with Crippen LogP contribution >= 0.6 is 0 Å². The molecule has 2 aromatic rings. The summed E-state index contributed by atoms with van der Waals surface area (Å²) in [6, 6.07) is 17.5. The number of carbonyl (C=O) groups excluding carboxylic acids is 1. The first-order valence-corrected chi connectivity index (χ1v) is 13.4. The number of nitrogens with one attached hydrogen (secondary N) is 2. The molecule has 0 saturated carbocycles. The van der Waals surface area contributed by atoms with Crippen LogP contribution < -0.4 is 16.4 Å². The van der Waals surface area contributed by atoms with Gasteiger partial charge in [-0.15, -0.1) is 0 Å². The van der Waals surface area contributed by atoms with Gasteiger partial charge >= 0.3 is 0 Å². The van der Waals surface area contributed by atoms with E-state index in [0.717, 1.165) is 47.5 Å². The van der Waals surface area contributed by atoms with Crippen LogP contribution in [0.15, 0.2) is 89.3 Å². The molecule has 6 N–H and O–H groups in total. The van der Waals surface area contributed by atoms with Crippen molar-refractivity contribution >= 4 is 11.6 Å². The lowest BCUT2D eigenvalue weighted by Crippen LogP contribution is -2.40. The van der Waals surface area contributed by atoms with Gasteiger partial charge in [0.15, 0.2) is 0 Å². The van der Waals surface area contributed by atoms with E-state index in [4.69, 9.17) is 5.73 Å². The average Bonchev–Trinajstić information content (AvgIpc) is 2.94. The molecule has 1 saturated heterocycles. The number of hydrogen-bond acceptors (Lipinski definition) is 6. The molecule has 38 heavy (non-hydrogen) atoms. The number of anilines is 1. The second-order valence-corrected chi connectivity index (χ2v) is 9.97. The quantitative estimate of drug-likeness (QED) is 0.221. The first-order chi connectivity index (χ1) is 18.3. The lowest BCUT2D eigenvalue weighted by atomic mass is 9.98. The molecule has 0 aromatic heterocycles. The van der Waals surface area contributed by atoms with Gasteiger partial charge in [-0.2, -0.15) is 0 Å². The molecule has 0 aliphatic carbocycles. The van der Waals surface area contributed by atoms with Gasteiger partial charge < -0.3 is 31.5 Å². The molecular formula is C31H42N4O3. The van der Waals surface area contributed by atoms with E-state index in [9.17, 15) is 15.0 Å². The van der Waals surface area contributed by atoms with Crippen LogP contribution in [0.2, 0.25) is 0 Å². The van der Waals surface area contributed by atoms with Gasteiger partial charge in [-0.05, 0) is 68.9 Å². The fourth-order valence-electron chi connectivity index (χ4n) is 4.51. The average molecular weight is 519 g/mol. The van der Waals surface area contributed by atoms with E-state index in [-0.39, 0.29) is 18.4 Å². The van der Waals surface area contributed by atoms with Crippen LogP contribution in [0.1, 0.15) is 56.0 Å². The van der Waals surface area contributed by atoms with Crippen molar-refractivity contribution in [3.8, 4) is 0 Å². The lowest BCUT2D eigenvalue weighted by molar-refractivity contribution is 0.0620. The maximum atomic E-state index is 13.1. The zero-order valence-corrected chi connectivity index (χ0v) is 22.8. The van der Waals surface area contributed by atoms with E-state index in [2.05, 4.69) is 17.6 Å². The molecule has 1 heterocycles. The monoisotopic (exact) mass is 518 g/mol. The van der Waals surface area contributed by atoms with E-state index >= 15 is 0 Å². The molecule has 2 atom stereocenters. The third kappa shape index (κ3) is 8.58. The number of aliphatic hydroxyl groups is 2. The summed E-state index contributed by atoms with van der Waals surface area (Å²) in [4.78, 5) is 15.0. The zero-order valence-electron chi connectivity index (χ0n) is 22.8. The standard InChI is InChI=1S/C31H42N4O3/c1-4-22(2)16-28(30(32)37)29(33-19-24-10-6-5-7-11-24)17-23(3)34-27-14-8-13-26(18-27)31(38)35-15-9-12-25(20-35)21-36/h5-8,10-11,13-14,16-18,25,30,33-34,36-37H,4,9,12,15,19-21,32H2,1-3H3/b22-16+,23-17+,29-28-. The Labute approximate surface area is 226 Å². The summed E-state index contributed by atoms with van der Waals surface area (Å²) >= 11 is 0. The number of hydrogen-bond donors (Lipinski definition) is 5.